The Morgan fingerprint density at radius 1 is 1.29 bits per heavy atom. The average Bonchev–Trinajstić information content (AvgIpc) is 2.62. The van der Waals surface area contributed by atoms with Gasteiger partial charge in [0.05, 0.1) is 6.42 Å². The SMILES string of the molecule is CCCCn1c(N)c(N(CC(C)C)C(=O)Cc2ccccc2Cl)c(=O)[nH]c1=O. The van der Waals surface area contributed by atoms with E-state index in [1.165, 1.54) is 9.47 Å². The molecule has 0 atom stereocenters. The number of amides is 1. The molecule has 28 heavy (non-hydrogen) atoms. The lowest BCUT2D eigenvalue weighted by Gasteiger charge is -2.26. The van der Waals surface area contributed by atoms with E-state index in [0.29, 0.717) is 23.7 Å². The second-order valence-corrected chi connectivity index (χ2v) is 7.57. The number of unbranched alkanes of at least 4 members (excludes halogenated alkanes) is 1. The number of aromatic nitrogens is 2. The number of anilines is 2. The van der Waals surface area contributed by atoms with Gasteiger partial charge < -0.3 is 10.6 Å². The number of halogens is 1. The molecule has 1 heterocycles. The third kappa shape index (κ3) is 5.04. The Labute approximate surface area is 169 Å². The molecular formula is C20H27ClN4O3. The van der Waals surface area contributed by atoms with Crippen LogP contribution in [-0.4, -0.2) is 22.0 Å². The lowest BCUT2D eigenvalue weighted by molar-refractivity contribution is -0.118. The zero-order chi connectivity index (χ0) is 20.8. The fourth-order valence-corrected chi connectivity index (χ4v) is 3.16. The van der Waals surface area contributed by atoms with Crippen LogP contribution >= 0.6 is 11.6 Å². The van der Waals surface area contributed by atoms with Gasteiger partial charge in [-0.05, 0) is 24.0 Å². The normalized spacial score (nSPS) is 11.0. The van der Waals surface area contributed by atoms with Crippen LogP contribution in [0.1, 0.15) is 39.2 Å². The maximum Gasteiger partial charge on any atom is 0.330 e. The van der Waals surface area contributed by atoms with Crippen molar-refractivity contribution in [2.45, 2.75) is 46.6 Å². The molecule has 1 aromatic heterocycles. The Balaban J connectivity index is 2.50. The first kappa shape index (κ1) is 21.8. The summed E-state index contributed by atoms with van der Waals surface area (Å²) in [6, 6.07) is 7.06. The highest BCUT2D eigenvalue weighted by molar-refractivity contribution is 6.31. The zero-order valence-corrected chi connectivity index (χ0v) is 17.3. The van der Waals surface area contributed by atoms with Gasteiger partial charge >= 0.3 is 5.69 Å². The number of nitrogens with two attached hydrogens (primary N) is 1. The first-order valence-electron chi connectivity index (χ1n) is 9.42. The maximum absolute atomic E-state index is 13.1. The topological polar surface area (TPSA) is 101 Å². The summed E-state index contributed by atoms with van der Waals surface area (Å²) >= 11 is 6.18. The predicted molar refractivity (Wildman–Crippen MR) is 113 cm³/mol. The zero-order valence-electron chi connectivity index (χ0n) is 16.5. The molecule has 3 N–H and O–H groups in total. The minimum Gasteiger partial charge on any atom is -0.383 e. The van der Waals surface area contributed by atoms with Crippen molar-refractivity contribution < 1.29 is 4.79 Å². The van der Waals surface area contributed by atoms with Gasteiger partial charge in [-0.15, -0.1) is 0 Å². The molecule has 0 saturated heterocycles. The van der Waals surface area contributed by atoms with E-state index in [-0.39, 0.29) is 29.8 Å². The molecule has 0 bridgehead atoms. The highest BCUT2D eigenvalue weighted by Crippen LogP contribution is 2.22. The van der Waals surface area contributed by atoms with E-state index < -0.39 is 11.2 Å². The molecule has 7 nitrogen and oxygen atoms in total. The Kier molecular flexibility index (Phi) is 7.45. The van der Waals surface area contributed by atoms with Gasteiger partial charge in [-0.1, -0.05) is 57.0 Å². The molecule has 0 saturated carbocycles. The van der Waals surface area contributed by atoms with Crippen molar-refractivity contribution in [3.63, 3.8) is 0 Å². The number of aromatic amines is 1. The van der Waals surface area contributed by atoms with Gasteiger partial charge in [-0.3, -0.25) is 19.1 Å². The minimum absolute atomic E-state index is 0.00959. The Morgan fingerprint density at radius 2 is 1.96 bits per heavy atom. The van der Waals surface area contributed by atoms with E-state index in [9.17, 15) is 14.4 Å². The standard InChI is InChI=1S/C20H27ClN4O3/c1-4-5-10-24-18(22)17(19(27)23-20(24)28)25(12-13(2)3)16(26)11-14-8-6-7-9-15(14)21/h6-9,13H,4-5,10-12,22H2,1-3H3,(H,23,27,28). The van der Waals surface area contributed by atoms with E-state index in [1.54, 1.807) is 24.3 Å². The molecule has 0 aliphatic carbocycles. The van der Waals surface area contributed by atoms with Crippen molar-refractivity contribution in [3.8, 4) is 0 Å². The van der Waals surface area contributed by atoms with Crippen molar-refractivity contribution >= 4 is 29.0 Å². The highest BCUT2D eigenvalue weighted by atomic mass is 35.5. The Morgan fingerprint density at radius 3 is 2.57 bits per heavy atom. The van der Waals surface area contributed by atoms with E-state index in [0.717, 1.165) is 12.8 Å². The number of carbonyl (C=O) groups excluding carboxylic acids is 1. The van der Waals surface area contributed by atoms with Gasteiger partial charge in [-0.25, -0.2) is 4.79 Å². The summed E-state index contributed by atoms with van der Waals surface area (Å²) in [6.45, 7) is 6.54. The second kappa shape index (κ2) is 9.59. The van der Waals surface area contributed by atoms with Crippen LogP contribution in [0.2, 0.25) is 5.02 Å². The van der Waals surface area contributed by atoms with Gasteiger partial charge in [0.2, 0.25) is 5.91 Å². The molecule has 0 aliphatic rings. The van der Waals surface area contributed by atoms with Crippen molar-refractivity contribution in [3.05, 3.63) is 55.7 Å². The number of benzene rings is 1. The number of hydrogen-bond donors (Lipinski definition) is 2. The van der Waals surface area contributed by atoms with Gasteiger partial charge in [0.1, 0.15) is 5.82 Å². The molecular weight excluding hydrogens is 380 g/mol. The Bertz CT molecular complexity index is 949. The minimum atomic E-state index is -0.664. The number of nitrogens with zero attached hydrogens (tertiary/aromatic N) is 2. The Hall–Kier alpha value is -2.54. The quantitative estimate of drug-likeness (QED) is 0.703. The van der Waals surface area contributed by atoms with Gasteiger partial charge in [0.15, 0.2) is 5.69 Å². The number of nitrogens with one attached hydrogen (secondary N) is 1. The fraction of sp³-hybridized carbons (Fsp3) is 0.450. The predicted octanol–water partition coefficient (Wildman–Crippen LogP) is 2.80. The summed E-state index contributed by atoms with van der Waals surface area (Å²) in [4.78, 5) is 41.5. The molecule has 8 heteroatoms. The van der Waals surface area contributed by atoms with E-state index in [4.69, 9.17) is 17.3 Å². The fourth-order valence-electron chi connectivity index (χ4n) is 2.96. The van der Waals surface area contributed by atoms with E-state index in [1.807, 2.05) is 20.8 Å². The van der Waals surface area contributed by atoms with E-state index in [2.05, 4.69) is 4.98 Å². The lowest BCUT2D eigenvalue weighted by atomic mass is 10.1. The third-order valence-corrected chi connectivity index (χ3v) is 4.74. The number of carbonyl (C=O) groups is 1. The largest absolute Gasteiger partial charge is 0.383 e. The summed E-state index contributed by atoms with van der Waals surface area (Å²) in [5.41, 5.74) is 5.64. The first-order chi connectivity index (χ1) is 13.3. The summed E-state index contributed by atoms with van der Waals surface area (Å²) in [5.74, 6) is -0.208. The van der Waals surface area contributed by atoms with Crippen molar-refractivity contribution in [2.75, 3.05) is 17.2 Å². The van der Waals surface area contributed by atoms with Crippen LogP contribution in [0.5, 0.6) is 0 Å². The highest BCUT2D eigenvalue weighted by Gasteiger charge is 2.25. The number of hydrogen-bond acceptors (Lipinski definition) is 4. The van der Waals surface area contributed by atoms with Crippen molar-refractivity contribution in [1.29, 1.82) is 0 Å². The molecule has 0 radical (unpaired) electrons. The van der Waals surface area contributed by atoms with Crippen molar-refractivity contribution in [1.82, 2.24) is 9.55 Å². The number of H-pyrrole nitrogens is 1. The second-order valence-electron chi connectivity index (χ2n) is 7.16. The smallest absolute Gasteiger partial charge is 0.330 e. The van der Waals surface area contributed by atoms with Crippen LogP contribution in [0.15, 0.2) is 33.9 Å². The summed E-state index contributed by atoms with van der Waals surface area (Å²) in [5, 5.41) is 0.482. The molecule has 2 rings (SSSR count). The van der Waals surface area contributed by atoms with Crippen LogP contribution in [0.3, 0.4) is 0 Å². The first-order valence-corrected chi connectivity index (χ1v) is 9.80. The molecule has 1 amide bonds. The summed E-state index contributed by atoms with van der Waals surface area (Å²) in [6.07, 6.45) is 1.62. The van der Waals surface area contributed by atoms with Gasteiger partial charge in [-0.2, -0.15) is 0 Å². The van der Waals surface area contributed by atoms with Crippen LogP contribution in [0.25, 0.3) is 0 Å². The van der Waals surface area contributed by atoms with Gasteiger partial charge in [0, 0.05) is 18.1 Å². The lowest BCUT2D eigenvalue weighted by Crippen LogP contribution is -2.43. The average molecular weight is 407 g/mol. The molecule has 0 unspecified atom stereocenters. The summed E-state index contributed by atoms with van der Waals surface area (Å²) < 4.78 is 1.32. The molecule has 0 fully saturated rings. The monoisotopic (exact) mass is 406 g/mol. The molecule has 0 spiro atoms. The van der Waals surface area contributed by atoms with E-state index >= 15 is 0 Å². The summed E-state index contributed by atoms with van der Waals surface area (Å²) in [7, 11) is 0. The van der Waals surface area contributed by atoms with Crippen LogP contribution in [-0.2, 0) is 17.8 Å². The molecule has 0 aliphatic heterocycles. The maximum atomic E-state index is 13.1. The number of rotatable bonds is 8. The molecule has 2 aromatic rings. The molecule has 1 aromatic carbocycles. The molecule has 152 valence electrons. The van der Waals surface area contributed by atoms with Crippen LogP contribution in [0, 0.1) is 5.92 Å². The number of nitrogen functional groups attached to an aromatic ring is 1. The van der Waals surface area contributed by atoms with Crippen LogP contribution < -0.4 is 21.9 Å². The van der Waals surface area contributed by atoms with Crippen molar-refractivity contribution in [2.24, 2.45) is 5.92 Å². The van der Waals surface area contributed by atoms with Gasteiger partial charge in [0.25, 0.3) is 5.56 Å². The third-order valence-electron chi connectivity index (χ3n) is 4.37. The van der Waals surface area contributed by atoms with Crippen LogP contribution in [0.4, 0.5) is 11.5 Å².